The molecule has 6 nitrogen and oxygen atoms in total. The molecule has 1 amide bonds. The first-order valence-electron chi connectivity index (χ1n) is 11.5. The Kier molecular flexibility index (Phi) is 5.37. The van der Waals surface area contributed by atoms with Crippen LogP contribution in [0.25, 0.3) is 5.70 Å². The van der Waals surface area contributed by atoms with Crippen molar-refractivity contribution in [3.63, 3.8) is 0 Å². The average Bonchev–Trinajstić information content (AvgIpc) is 3.39. The van der Waals surface area contributed by atoms with Crippen molar-refractivity contribution >= 4 is 17.3 Å². The second-order valence-electron chi connectivity index (χ2n) is 9.73. The molecular weight excluding hydrogens is 398 g/mol. The fraction of sp³-hybridized carbons (Fsp3) is 0.385. The maximum absolute atomic E-state index is 12.6. The summed E-state index contributed by atoms with van der Waals surface area (Å²) in [5.41, 5.74) is 6.84. The van der Waals surface area contributed by atoms with E-state index in [4.69, 9.17) is 0 Å². The number of hydrogen-bond donors (Lipinski definition) is 4. The summed E-state index contributed by atoms with van der Waals surface area (Å²) in [4.78, 5) is 12.6. The van der Waals surface area contributed by atoms with E-state index < -0.39 is 0 Å². The number of benzene rings is 1. The quantitative estimate of drug-likeness (QED) is 0.529. The van der Waals surface area contributed by atoms with Crippen LogP contribution in [-0.2, 0) is 17.6 Å². The van der Waals surface area contributed by atoms with E-state index in [-0.39, 0.29) is 17.9 Å². The highest BCUT2D eigenvalue weighted by Crippen LogP contribution is 2.38. The zero-order valence-corrected chi connectivity index (χ0v) is 18.7. The van der Waals surface area contributed by atoms with Crippen LogP contribution >= 0.6 is 0 Å². The molecule has 2 aliphatic carbocycles. The first-order valence-corrected chi connectivity index (χ1v) is 11.5. The third kappa shape index (κ3) is 4.22. The van der Waals surface area contributed by atoms with Crippen molar-refractivity contribution in [2.45, 2.75) is 39.2 Å². The molecule has 0 fully saturated rings. The molecule has 4 N–H and O–H groups in total. The van der Waals surface area contributed by atoms with E-state index in [2.05, 4.69) is 58.2 Å². The van der Waals surface area contributed by atoms with Crippen LogP contribution in [0.1, 0.15) is 37.2 Å². The normalized spacial score (nSPS) is 22.8. The van der Waals surface area contributed by atoms with Gasteiger partial charge in [-0.1, -0.05) is 50.3 Å². The number of fused-ring (bicyclic) bond motifs is 2. The third-order valence-corrected chi connectivity index (χ3v) is 6.64. The molecule has 6 heteroatoms. The molecule has 2 aromatic rings. The number of anilines is 1. The van der Waals surface area contributed by atoms with Gasteiger partial charge in [0.05, 0.1) is 11.7 Å². The number of H-pyrrole nitrogens is 1. The van der Waals surface area contributed by atoms with E-state index in [9.17, 15) is 4.79 Å². The van der Waals surface area contributed by atoms with Gasteiger partial charge in [0.15, 0.2) is 0 Å². The number of hydrogen-bond acceptors (Lipinski definition) is 4. The van der Waals surface area contributed by atoms with Gasteiger partial charge in [-0.25, -0.2) is 0 Å². The van der Waals surface area contributed by atoms with Gasteiger partial charge in [-0.3, -0.25) is 9.89 Å². The molecule has 1 aliphatic heterocycles. The molecule has 3 aliphatic rings. The molecule has 0 spiro atoms. The molecule has 0 bridgehead atoms. The second-order valence-corrected chi connectivity index (χ2v) is 9.73. The molecule has 2 heterocycles. The van der Waals surface area contributed by atoms with E-state index in [1.165, 1.54) is 17.7 Å². The molecule has 2 atom stereocenters. The Morgan fingerprint density at radius 1 is 1.19 bits per heavy atom. The Bertz CT molecular complexity index is 1090. The minimum absolute atomic E-state index is 0.0317. The molecule has 1 aromatic carbocycles. The van der Waals surface area contributed by atoms with Gasteiger partial charge in [-0.05, 0) is 42.9 Å². The fourth-order valence-corrected chi connectivity index (χ4v) is 4.83. The van der Waals surface area contributed by atoms with Crippen molar-refractivity contribution in [2.24, 2.45) is 11.3 Å². The number of amides is 1. The molecule has 166 valence electrons. The fourth-order valence-electron chi connectivity index (χ4n) is 4.83. The molecule has 1 aromatic heterocycles. The number of carbonyl (C=O) groups excluding carboxylic acids is 1. The monoisotopic (exact) mass is 429 g/mol. The summed E-state index contributed by atoms with van der Waals surface area (Å²) in [7, 11) is 0. The van der Waals surface area contributed by atoms with Crippen LogP contribution in [0.15, 0.2) is 60.2 Å². The van der Waals surface area contributed by atoms with Crippen molar-refractivity contribution in [1.82, 2.24) is 20.8 Å². The van der Waals surface area contributed by atoms with Gasteiger partial charge in [0, 0.05) is 41.5 Å². The largest absolute Gasteiger partial charge is 0.383 e. The van der Waals surface area contributed by atoms with Crippen LogP contribution < -0.4 is 16.0 Å². The number of nitrogens with zero attached hydrogens (tertiary/aromatic N) is 1. The van der Waals surface area contributed by atoms with Crippen LogP contribution in [0.2, 0.25) is 0 Å². The summed E-state index contributed by atoms with van der Waals surface area (Å²) in [6, 6.07) is 10.2. The van der Waals surface area contributed by atoms with Crippen LogP contribution in [0.5, 0.6) is 0 Å². The number of aromatic nitrogens is 2. The smallest absolute Gasteiger partial charge is 0.251 e. The first kappa shape index (κ1) is 20.6. The highest BCUT2D eigenvalue weighted by Gasteiger charge is 2.33. The van der Waals surface area contributed by atoms with Crippen molar-refractivity contribution in [2.75, 3.05) is 18.4 Å². The van der Waals surface area contributed by atoms with Crippen molar-refractivity contribution in [3.8, 4) is 0 Å². The van der Waals surface area contributed by atoms with Gasteiger partial charge < -0.3 is 16.0 Å². The zero-order valence-electron chi connectivity index (χ0n) is 18.7. The summed E-state index contributed by atoms with van der Waals surface area (Å²) in [6.45, 7) is 5.89. The Balaban J connectivity index is 1.21. The minimum Gasteiger partial charge on any atom is -0.383 e. The zero-order chi connectivity index (χ0) is 22.1. The van der Waals surface area contributed by atoms with Gasteiger partial charge in [-0.2, -0.15) is 5.10 Å². The van der Waals surface area contributed by atoms with Gasteiger partial charge in [-0.15, -0.1) is 0 Å². The number of rotatable bonds is 6. The van der Waals surface area contributed by atoms with Crippen molar-refractivity contribution in [1.29, 1.82) is 0 Å². The predicted molar refractivity (Wildman–Crippen MR) is 128 cm³/mol. The maximum Gasteiger partial charge on any atom is 0.251 e. The SMILES string of the molecule is CC1(C)CCc2c(C3=CC4C=C(C(=O)NCCNc5ccccc5)C=CC4N3)n[nH]c2C1. The molecule has 5 rings (SSSR count). The lowest BCUT2D eigenvalue weighted by atomic mass is 9.76. The number of aromatic amines is 1. The van der Waals surface area contributed by atoms with E-state index in [0.29, 0.717) is 18.5 Å². The van der Waals surface area contributed by atoms with Gasteiger partial charge in [0.1, 0.15) is 5.69 Å². The Morgan fingerprint density at radius 2 is 2.03 bits per heavy atom. The van der Waals surface area contributed by atoms with E-state index >= 15 is 0 Å². The van der Waals surface area contributed by atoms with Gasteiger partial charge in [0.25, 0.3) is 5.91 Å². The highest BCUT2D eigenvalue weighted by atomic mass is 16.1. The molecule has 0 radical (unpaired) electrons. The van der Waals surface area contributed by atoms with Crippen LogP contribution in [0, 0.1) is 11.3 Å². The van der Waals surface area contributed by atoms with Crippen molar-refractivity contribution < 1.29 is 4.79 Å². The van der Waals surface area contributed by atoms with Crippen molar-refractivity contribution in [3.05, 3.63) is 77.2 Å². The molecule has 32 heavy (non-hydrogen) atoms. The summed E-state index contributed by atoms with van der Waals surface area (Å²) in [5.74, 6) is 0.126. The number of para-hydroxylation sites is 1. The Morgan fingerprint density at radius 3 is 2.88 bits per heavy atom. The van der Waals surface area contributed by atoms with Crippen LogP contribution in [-0.4, -0.2) is 35.2 Å². The van der Waals surface area contributed by atoms with E-state index in [1.807, 2.05) is 36.4 Å². The lowest BCUT2D eigenvalue weighted by Gasteiger charge is -2.29. The summed E-state index contributed by atoms with van der Waals surface area (Å²) < 4.78 is 0. The maximum atomic E-state index is 12.6. The topological polar surface area (TPSA) is 81.8 Å². The molecule has 0 saturated carbocycles. The number of carbonyl (C=O) groups is 1. The van der Waals surface area contributed by atoms with Crippen LogP contribution in [0.4, 0.5) is 5.69 Å². The highest BCUT2D eigenvalue weighted by molar-refractivity contribution is 5.96. The van der Waals surface area contributed by atoms with Gasteiger partial charge in [0.2, 0.25) is 0 Å². The first-order chi connectivity index (χ1) is 15.5. The molecule has 0 saturated heterocycles. The standard InChI is InChI=1S/C26H31N5O/c1-26(2)11-10-20-23(16-26)30-31-24(20)22-15-18-14-17(8-9-21(18)29-22)25(32)28-13-12-27-19-6-4-3-5-7-19/h3-9,14-15,18,21,27,29H,10-13,16H2,1-2H3,(H,28,32)(H,30,31). The molecule has 2 unspecified atom stereocenters. The average molecular weight is 430 g/mol. The van der Waals surface area contributed by atoms with E-state index in [0.717, 1.165) is 35.5 Å². The summed E-state index contributed by atoms with van der Waals surface area (Å²) in [5, 5.41) is 17.8. The minimum atomic E-state index is -0.0317. The van der Waals surface area contributed by atoms with E-state index in [1.54, 1.807) is 0 Å². The number of nitrogens with one attached hydrogen (secondary N) is 4. The summed E-state index contributed by atoms with van der Waals surface area (Å²) >= 11 is 0. The Labute approximate surface area is 189 Å². The second kappa shape index (κ2) is 8.34. The lowest BCUT2D eigenvalue weighted by molar-refractivity contribution is -0.117. The van der Waals surface area contributed by atoms with Gasteiger partial charge >= 0.3 is 0 Å². The van der Waals surface area contributed by atoms with Crippen LogP contribution in [0.3, 0.4) is 0 Å². The molecular formula is C26H31N5O. The predicted octanol–water partition coefficient (Wildman–Crippen LogP) is 3.58. The lowest BCUT2D eigenvalue weighted by Crippen LogP contribution is -2.32. The Hall–Kier alpha value is -3.28. The summed E-state index contributed by atoms with van der Waals surface area (Å²) in [6.07, 6.45) is 11.6. The third-order valence-electron chi connectivity index (χ3n) is 6.64.